The number of aromatic hydroxyl groups is 1. The van der Waals surface area contributed by atoms with E-state index in [9.17, 15) is 19.5 Å². The van der Waals surface area contributed by atoms with Crippen LogP contribution in [0.2, 0.25) is 0 Å². The predicted molar refractivity (Wildman–Crippen MR) is 142 cm³/mol. The average molecular weight is 490 g/mol. The maximum absolute atomic E-state index is 11.9. The lowest BCUT2D eigenvalue weighted by Crippen LogP contribution is -2.41. The van der Waals surface area contributed by atoms with Gasteiger partial charge in [-0.15, -0.1) is 0 Å². The van der Waals surface area contributed by atoms with Gasteiger partial charge in [-0.25, -0.2) is 0 Å². The van der Waals surface area contributed by atoms with Crippen LogP contribution in [0.4, 0.5) is 5.69 Å². The molecule has 1 aromatic rings. The lowest BCUT2D eigenvalue weighted by molar-refractivity contribution is -0.129. The quantitative estimate of drug-likeness (QED) is 0.0950. The molecule has 0 unspecified atom stereocenters. The number of carbonyl (C=O) groups excluding carboxylic acids is 3. The zero-order valence-corrected chi connectivity index (χ0v) is 21.7. The number of hydrogen-bond donors (Lipinski definition) is 4. The van der Waals surface area contributed by atoms with E-state index in [4.69, 9.17) is 0 Å². The molecule has 0 atom stereocenters. The van der Waals surface area contributed by atoms with Crippen LogP contribution in [0.3, 0.4) is 0 Å². The van der Waals surface area contributed by atoms with Crippen molar-refractivity contribution in [2.45, 2.75) is 122 Å². The topological polar surface area (TPSA) is 108 Å². The standard InChI is InChI=1S/C28H47N3O4/c1-2-3-4-5-8-12-15-18-27(34)30-31-28(35)19-16-13-10-7-6-9-11-14-17-26(33)29-24-20-22-25(32)23-21-24/h20-23,32H,2-19H2,1H3,(H,29,33)(H,30,34)(H,31,35). The first-order valence-corrected chi connectivity index (χ1v) is 13.7. The molecule has 7 nitrogen and oxygen atoms in total. The van der Waals surface area contributed by atoms with E-state index in [2.05, 4.69) is 23.1 Å². The fraction of sp³-hybridized carbons (Fsp3) is 0.679. The Morgan fingerprint density at radius 1 is 0.571 bits per heavy atom. The number of hydrazine groups is 1. The molecule has 0 aliphatic carbocycles. The second kappa shape index (κ2) is 20.8. The number of nitrogens with one attached hydrogen (secondary N) is 3. The fourth-order valence-corrected chi connectivity index (χ4v) is 3.91. The summed E-state index contributed by atoms with van der Waals surface area (Å²) in [6.07, 6.45) is 17.8. The summed E-state index contributed by atoms with van der Waals surface area (Å²) in [6.45, 7) is 2.20. The normalized spacial score (nSPS) is 10.7. The number of phenols is 1. The van der Waals surface area contributed by atoms with Gasteiger partial charge < -0.3 is 10.4 Å². The minimum Gasteiger partial charge on any atom is -0.508 e. The summed E-state index contributed by atoms with van der Waals surface area (Å²) in [4.78, 5) is 35.5. The zero-order valence-electron chi connectivity index (χ0n) is 21.7. The minimum absolute atomic E-state index is 0.00274. The van der Waals surface area contributed by atoms with E-state index >= 15 is 0 Å². The average Bonchev–Trinajstić information content (AvgIpc) is 2.84. The first-order chi connectivity index (χ1) is 17.0. The highest BCUT2D eigenvalue weighted by Crippen LogP contribution is 2.15. The molecular weight excluding hydrogens is 442 g/mol. The highest BCUT2D eigenvalue weighted by Gasteiger charge is 2.05. The number of phenolic OH excluding ortho intramolecular Hbond substituents is 1. The van der Waals surface area contributed by atoms with Gasteiger partial charge in [0.25, 0.3) is 0 Å². The van der Waals surface area contributed by atoms with Crippen molar-refractivity contribution in [3.05, 3.63) is 24.3 Å². The van der Waals surface area contributed by atoms with Crippen LogP contribution in [0.1, 0.15) is 122 Å². The Labute approximate surface area is 211 Å². The number of benzene rings is 1. The van der Waals surface area contributed by atoms with Gasteiger partial charge in [-0.2, -0.15) is 0 Å². The number of hydrogen-bond acceptors (Lipinski definition) is 4. The number of rotatable bonds is 20. The van der Waals surface area contributed by atoms with Crippen LogP contribution in [0.25, 0.3) is 0 Å². The molecule has 0 aromatic heterocycles. The van der Waals surface area contributed by atoms with Crippen LogP contribution >= 0.6 is 0 Å². The van der Waals surface area contributed by atoms with Gasteiger partial charge in [0, 0.05) is 24.9 Å². The van der Waals surface area contributed by atoms with Crippen molar-refractivity contribution in [1.82, 2.24) is 10.9 Å². The van der Waals surface area contributed by atoms with Gasteiger partial charge in [-0.05, 0) is 43.5 Å². The Bertz CT molecular complexity index is 707. The maximum atomic E-state index is 11.9. The second-order valence-corrected chi connectivity index (χ2v) is 9.39. The summed E-state index contributed by atoms with van der Waals surface area (Å²) >= 11 is 0. The first-order valence-electron chi connectivity index (χ1n) is 13.7. The van der Waals surface area contributed by atoms with Gasteiger partial charge in [-0.1, -0.05) is 84.0 Å². The van der Waals surface area contributed by atoms with E-state index in [0.717, 1.165) is 64.2 Å². The molecule has 0 fully saturated rings. The molecule has 0 saturated heterocycles. The summed E-state index contributed by atoms with van der Waals surface area (Å²) in [5, 5.41) is 12.1. The molecule has 0 radical (unpaired) electrons. The summed E-state index contributed by atoms with van der Waals surface area (Å²) in [5.74, 6) is -0.0414. The molecule has 7 heteroatoms. The first kappa shape index (κ1) is 30.5. The number of carbonyl (C=O) groups is 3. The molecule has 0 aliphatic rings. The third-order valence-electron chi connectivity index (χ3n) is 6.06. The molecule has 0 bridgehead atoms. The lowest BCUT2D eigenvalue weighted by Gasteiger charge is -2.07. The Morgan fingerprint density at radius 3 is 1.37 bits per heavy atom. The molecule has 0 saturated carbocycles. The van der Waals surface area contributed by atoms with Gasteiger partial charge in [0.15, 0.2) is 0 Å². The Kier molecular flexibility index (Phi) is 18.1. The Hall–Kier alpha value is -2.57. The van der Waals surface area contributed by atoms with Crippen molar-refractivity contribution in [3.8, 4) is 5.75 Å². The van der Waals surface area contributed by atoms with Crippen LogP contribution in [0.5, 0.6) is 5.75 Å². The van der Waals surface area contributed by atoms with Crippen molar-refractivity contribution >= 4 is 23.4 Å². The minimum atomic E-state index is -0.122. The maximum Gasteiger partial charge on any atom is 0.238 e. The van der Waals surface area contributed by atoms with Crippen molar-refractivity contribution in [2.75, 3.05) is 5.32 Å². The van der Waals surface area contributed by atoms with Crippen LogP contribution < -0.4 is 16.2 Å². The molecule has 1 rings (SSSR count). The summed E-state index contributed by atoms with van der Waals surface area (Å²) in [7, 11) is 0. The second-order valence-electron chi connectivity index (χ2n) is 9.39. The van der Waals surface area contributed by atoms with E-state index in [0.29, 0.717) is 24.9 Å². The Morgan fingerprint density at radius 2 is 0.943 bits per heavy atom. The molecule has 0 heterocycles. The molecule has 198 valence electrons. The smallest absolute Gasteiger partial charge is 0.238 e. The lowest BCUT2D eigenvalue weighted by atomic mass is 10.1. The van der Waals surface area contributed by atoms with Crippen molar-refractivity contribution < 1.29 is 19.5 Å². The number of unbranched alkanes of at least 4 members (excludes halogenated alkanes) is 13. The van der Waals surface area contributed by atoms with Gasteiger partial charge in [-0.3, -0.25) is 25.2 Å². The van der Waals surface area contributed by atoms with E-state index in [-0.39, 0.29) is 23.5 Å². The van der Waals surface area contributed by atoms with E-state index < -0.39 is 0 Å². The SMILES string of the molecule is CCCCCCCCCC(=O)NNC(=O)CCCCCCCCCCC(=O)Nc1ccc(O)cc1. The van der Waals surface area contributed by atoms with E-state index in [1.54, 1.807) is 24.3 Å². The molecule has 0 spiro atoms. The highest BCUT2D eigenvalue weighted by molar-refractivity contribution is 5.90. The van der Waals surface area contributed by atoms with Gasteiger partial charge >= 0.3 is 0 Å². The zero-order chi connectivity index (χ0) is 25.6. The number of amides is 3. The molecule has 3 amide bonds. The van der Waals surface area contributed by atoms with Gasteiger partial charge in [0.05, 0.1) is 0 Å². The largest absolute Gasteiger partial charge is 0.508 e. The van der Waals surface area contributed by atoms with Gasteiger partial charge in [0.1, 0.15) is 5.75 Å². The van der Waals surface area contributed by atoms with Crippen LogP contribution in [0, 0.1) is 0 Å². The predicted octanol–water partition coefficient (Wildman–Crippen LogP) is 6.52. The summed E-state index contributed by atoms with van der Waals surface area (Å²) in [5.41, 5.74) is 5.74. The fourth-order valence-electron chi connectivity index (χ4n) is 3.91. The summed E-state index contributed by atoms with van der Waals surface area (Å²) < 4.78 is 0. The Balaban J connectivity index is 1.86. The van der Waals surface area contributed by atoms with Gasteiger partial charge in [0.2, 0.25) is 17.7 Å². The van der Waals surface area contributed by atoms with Crippen LogP contribution in [0.15, 0.2) is 24.3 Å². The van der Waals surface area contributed by atoms with E-state index in [1.165, 1.54) is 32.1 Å². The third-order valence-corrected chi connectivity index (χ3v) is 6.06. The van der Waals surface area contributed by atoms with Crippen molar-refractivity contribution in [2.24, 2.45) is 0 Å². The highest BCUT2D eigenvalue weighted by atomic mass is 16.3. The van der Waals surface area contributed by atoms with Crippen LogP contribution in [-0.4, -0.2) is 22.8 Å². The molecule has 4 N–H and O–H groups in total. The van der Waals surface area contributed by atoms with Crippen LogP contribution in [-0.2, 0) is 14.4 Å². The molecule has 35 heavy (non-hydrogen) atoms. The molecule has 1 aromatic carbocycles. The molecule has 0 aliphatic heterocycles. The van der Waals surface area contributed by atoms with Crippen molar-refractivity contribution in [3.63, 3.8) is 0 Å². The number of anilines is 1. The van der Waals surface area contributed by atoms with E-state index in [1.807, 2.05) is 0 Å². The summed E-state index contributed by atoms with van der Waals surface area (Å²) in [6, 6.07) is 6.48. The molecular formula is C28H47N3O4. The third kappa shape index (κ3) is 18.4. The monoisotopic (exact) mass is 489 g/mol. The van der Waals surface area contributed by atoms with Crippen molar-refractivity contribution in [1.29, 1.82) is 0 Å².